The number of halogens is 2. The van der Waals surface area contributed by atoms with Crippen LogP contribution >= 0.6 is 0 Å². The zero-order valence-corrected chi connectivity index (χ0v) is 15.6. The zero-order valence-electron chi connectivity index (χ0n) is 15.6. The summed E-state index contributed by atoms with van der Waals surface area (Å²) in [6.07, 6.45) is 1.77. The topological polar surface area (TPSA) is 32.8 Å². The number of para-hydroxylation sites is 1. The number of hydrogen-bond acceptors (Lipinski definition) is 3. The third-order valence-electron chi connectivity index (χ3n) is 5.10. The van der Waals surface area contributed by atoms with E-state index in [1.807, 2.05) is 6.07 Å². The second-order valence-electron chi connectivity index (χ2n) is 6.86. The van der Waals surface area contributed by atoms with Crippen LogP contribution in [0.5, 0.6) is 5.75 Å². The molecule has 0 aromatic heterocycles. The van der Waals surface area contributed by atoms with Crippen LogP contribution in [-0.2, 0) is 6.54 Å². The van der Waals surface area contributed by atoms with Gasteiger partial charge in [0.2, 0.25) is 0 Å². The predicted octanol–water partition coefficient (Wildman–Crippen LogP) is 3.71. The van der Waals surface area contributed by atoms with Crippen molar-refractivity contribution in [2.75, 3.05) is 27.2 Å². The van der Waals surface area contributed by atoms with E-state index >= 15 is 0 Å². The van der Waals surface area contributed by atoms with Crippen molar-refractivity contribution >= 4 is 5.91 Å². The van der Waals surface area contributed by atoms with Gasteiger partial charge >= 0.3 is 0 Å². The second kappa shape index (κ2) is 8.48. The molecular formula is C21H24F2N2O2. The number of benzene rings is 2. The minimum Gasteiger partial charge on any atom is -0.493 e. The van der Waals surface area contributed by atoms with Gasteiger partial charge in [0, 0.05) is 31.7 Å². The lowest BCUT2D eigenvalue weighted by atomic mass is 10.0. The van der Waals surface area contributed by atoms with Crippen molar-refractivity contribution in [3.63, 3.8) is 0 Å². The van der Waals surface area contributed by atoms with Gasteiger partial charge in [0.1, 0.15) is 5.82 Å². The molecule has 1 amide bonds. The van der Waals surface area contributed by atoms with Crippen LogP contribution in [-0.4, -0.2) is 49.0 Å². The largest absolute Gasteiger partial charge is 0.493 e. The third-order valence-corrected chi connectivity index (χ3v) is 5.10. The first kappa shape index (κ1) is 19.3. The van der Waals surface area contributed by atoms with Crippen LogP contribution in [0.25, 0.3) is 0 Å². The monoisotopic (exact) mass is 374 g/mol. The van der Waals surface area contributed by atoms with E-state index in [0.717, 1.165) is 19.4 Å². The summed E-state index contributed by atoms with van der Waals surface area (Å²) in [5.74, 6) is -1.08. The molecular weight excluding hydrogens is 350 g/mol. The minimum atomic E-state index is -0.554. The maximum atomic E-state index is 13.9. The lowest BCUT2D eigenvalue weighted by Gasteiger charge is -2.37. The molecule has 4 nitrogen and oxygen atoms in total. The molecule has 2 aromatic carbocycles. The van der Waals surface area contributed by atoms with Crippen molar-refractivity contribution in [3.8, 4) is 5.75 Å². The molecule has 0 saturated carbocycles. The number of likely N-dealkylation sites (tertiary alicyclic amines) is 1. The highest BCUT2D eigenvalue weighted by Crippen LogP contribution is 2.26. The molecule has 1 heterocycles. The second-order valence-corrected chi connectivity index (χ2v) is 6.86. The van der Waals surface area contributed by atoms with Crippen LogP contribution in [0.1, 0.15) is 28.8 Å². The van der Waals surface area contributed by atoms with Crippen LogP contribution in [0.2, 0.25) is 0 Å². The predicted molar refractivity (Wildman–Crippen MR) is 99.7 cm³/mol. The Kier molecular flexibility index (Phi) is 6.06. The van der Waals surface area contributed by atoms with Gasteiger partial charge in [0.05, 0.1) is 12.7 Å². The molecule has 0 N–H and O–H groups in total. The van der Waals surface area contributed by atoms with E-state index in [1.165, 1.54) is 25.3 Å². The Bertz CT molecular complexity index is 813. The molecule has 0 unspecified atom stereocenters. The zero-order chi connectivity index (χ0) is 19.4. The van der Waals surface area contributed by atoms with E-state index in [1.54, 1.807) is 30.1 Å². The van der Waals surface area contributed by atoms with Gasteiger partial charge in [-0.05, 0) is 37.6 Å². The number of likely N-dealkylation sites (N-methyl/N-ethyl adjacent to an activating group) is 1. The Morgan fingerprint density at radius 1 is 1.19 bits per heavy atom. The summed E-state index contributed by atoms with van der Waals surface area (Å²) in [5.41, 5.74) is 0.866. The van der Waals surface area contributed by atoms with E-state index < -0.39 is 5.82 Å². The summed E-state index contributed by atoms with van der Waals surface area (Å²) in [6.45, 7) is 2.01. The van der Waals surface area contributed by atoms with Crippen molar-refractivity contribution in [3.05, 3.63) is 65.2 Å². The minimum absolute atomic E-state index is 0.0222. The molecule has 0 radical (unpaired) electrons. The molecule has 2 aromatic rings. The number of carbonyl (C=O) groups excluding carboxylic acids is 1. The first-order valence-corrected chi connectivity index (χ1v) is 9.06. The highest BCUT2D eigenvalue weighted by molar-refractivity contribution is 5.97. The quantitative estimate of drug-likeness (QED) is 0.800. The van der Waals surface area contributed by atoms with E-state index in [4.69, 9.17) is 4.74 Å². The van der Waals surface area contributed by atoms with Gasteiger partial charge < -0.3 is 9.64 Å². The summed E-state index contributed by atoms with van der Waals surface area (Å²) < 4.78 is 32.9. The maximum absolute atomic E-state index is 13.9. The van der Waals surface area contributed by atoms with Crippen LogP contribution in [0.3, 0.4) is 0 Å². The molecule has 1 fully saturated rings. The van der Waals surface area contributed by atoms with Crippen molar-refractivity contribution in [2.24, 2.45) is 0 Å². The highest BCUT2D eigenvalue weighted by Gasteiger charge is 2.29. The fraction of sp³-hybridized carbons (Fsp3) is 0.381. The molecule has 0 bridgehead atoms. The summed E-state index contributed by atoms with van der Waals surface area (Å²) in [7, 11) is 3.08. The average molecular weight is 374 g/mol. The van der Waals surface area contributed by atoms with Crippen molar-refractivity contribution < 1.29 is 18.3 Å². The highest BCUT2D eigenvalue weighted by atomic mass is 19.1. The number of piperidine rings is 1. The number of hydrogen-bond donors (Lipinski definition) is 0. The fourth-order valence-electron chi connectivity index (χ4n) is 3.60. The molecule has 0 aliphatic carbocycles. The van der Waals surface area contributed by atoms with Crippen molar-refractivity contribution in [2.45, 2.75) is 25.4 Å². The summed E-state index contributed by atoms with van der Waals surface area (Å²) >= 11 is 0. The van der Waals surface area contributed by atoms with Gasteiger partial charge in [-0.2, -0.15) is 0 Å². The SMILES string of the molecule is COc1c(F)cccc1C(=O)N(C)[C@H]1CCCN(Cc2ccccc2F)C1. The van der Waals surface area contributed by atoms with Gasteiger partial charge in [0.15, 0.2) is 11.6 Å². The van der Waals surface area contributed by atoms with Gasteiger partial charge in [-0.15, -0.1) is 0 Å². The molecule has 6 heteroatoms. The van der Waals surface area contributed by atoms with E-state index in [-0.39, 0.29) is 29.1 Å². The van der Waals surface area contributed by atoms with Gasteiger partial charge in [-0.25, -0.2) is 8.78 Å². The summed E-state index contributed by atoms with van der Waals surface area (Å²) in [5, 5.41) is 0. The van der Waals surface area contributed by atoms with Crippen LogP contribution in [0.4, 0.5) is 8.78 Å². The Balaban J connectivity index is 1.71. The van der Waals surface area contributed by atoms with Gasteiger partial charge in [-0.1, -0.05) is 24.3 Å². The number of amides is 1. The lowest BCUT2D eigenvalue weighted by Crippen LogP contribution is -2.48. The smallest absolute Gasteiger partial charge is 0.257 e. The molecule has 1 saturated heterocycles. The molecule has 1 atom stereocenters. The van der Waals surface area contributed by atoms with E-state index in [9.17, 15) is 13.6 Å². The van der Waals surface area contributed by atoms with Crippen LogP contribution in [0, 0.1) is 11.6 Å². The number of methoxy groups -OCH3 is 1. The molecule has 144 valence electrons. The van der Waals surface area contributed by atoms with E-state index in [0.29, 0.717) is 18.7 Å². The molecule has 1 aliphatic rings. The van der Waals surface area contributed by atoms with Crippen molar-refractivity contribution in [1.29, 1.82) is 0 Å². The third kappa shape index (κ3) is 4.27. The number of ether oxygens (including phenoxy) is 1. The number of rotatable bonds is 5. The first-order chi connectivity index (χ1) is 13.0. The molecule has 0 spiro atoms. The van der Waals surface area contributed by atoms with Gasteiger partial charge in [-0.3, -0.25) is 9.69 Å². The Hall–Kier alpha value is -2.47. The normalized spacial score (nSPS) is 17.6. The average Bonchev–Trinajstić information content (AvgIpc) is 2.68. The Morgan fingerprint density at radius 2 is 1.93 bits per heavy atom. The Labute approximate surface area is 158 Å². The van der Waals surface area contributed by atoms with Crippen LogP contribution in [0.15, 0.2) is 42.5 Å². The van der Waals surface area contributed by atoms with Gasteiger partial charge in [0.25, 0.3) is 5.91 Å². The number of nitrogens with zero attached hydrogens (tertiary/aromatic N) is 2. The molecule has 1 aliphatic heterocycles. The van der Waals surface area contributed by atoms with Crippen molar-refractivity contribution in [1.82, 2.24) is 9.80 Å². The first-order valence-electron chi connectivity index (χ1n) is 9.06. The lowest BCUT2D eigenvalue weighted by molar-refractivity contribution is 0.0604. The Morgan fingerprint density at radius 3 is 2.67 bits per heavy atom. The van der Waals surface area contributed by atoms with Crippen LogP contribution < -0.4 is 4.74 Å². The van der Waals surface area contributed by atoms with E-state index in [2.05, 4.69) is 4.90 Å². The fourth-order valence-corrected chi connectivity index (χ4v) is 3.60. The summed E-state index contributed by atoms with van der Waals surface area (Å²) in [6, 6.07) is 11.1. The summed E-state index contributed by atoms with van der Waals surface area (Å²) in [4.78, 5) is 16.7. The standard InChI is InChI=1S/C21H24F2N2O2/c1-24(21(26)17-9-5-11-19(23)20(17)27-2)16-8-6-12-25(14-16)13-15-7-3-4-10-18(15)22/h3-5,7,9-11,16H,6,8,12-14H2,1-2H3/t16-/m0/s1. The maximum Gasteiger partial charge on any atom is 0.257 e. The molecule has 3 rings (SSSR count). The molecule has 27 heavy (non-hydrogen) atoms. The number of carbonyl (C=O) groups is 1.